The summed E-state index contributed by atoms with van der Waals surface area (Å²) in [4.78, 5) is 34.0. The highest BCUT2D eigenvalue weighted by molar-refractivity contribution is 6.39. The molecule has 0 aromatic heterocycles. The molecule has 0 saturated heterocycles. The summed E-state index contributed by atoms with van der Waals surface area (Å²) >= 11 is 0. The summed E-state index contributed by atoms with van der Waals surface area (Å²) in [6.45, 7) is 0. The summed E-state index contributed by atoms with van der Waals surface area (Å²) < 4.78 is 0. The van der Waals surface area contributed by atoms with E-state index in [2.05, 4.69) is 0 Å². The molecule has 1 aliphatic carbocycles. The standard InChI is InChI=1S/C13H10O4/c14-11(15)7-3-6-10-12(16)8-4-1-2-5-9(8)13(10)17/h1-2,4-6H,3,7H2,(H,14,15). The maximum Gasteiger partial charge on any atom is 0.303 e. The van der Waals surface area contributed by atoms with Crippen molar-refractivity contribution >= 4 is 17.5 Å². The van der Waals surface area contributed by atoms with E-state index in [1.54, 1.807) is 24.3 Å². The number of Topliss-reactive ketones (excluding diaryl/α,β-unsaturated/α-hetero) is 2. The van der Waals surface area contributed by atoms with Crippen LogP contribution >= 0.6 is 0 Å². The first kappa shape index (κ1) is 11.3. The minimum absolute atomic E-state index is 0.0829. The Balaban J connectivity index is 2.27. The summed E-state index contributed by atoms with van der Waals surface area (Å²) in [5.74, 6) is -1.57. The quantitative estimate of drug-likeness (QED) is 0.635. The minimum atomic E-state index is -0.947. The van der Waals surface area contributed by atoms with Crippen molar-refractivity contribution in [2.24, 2.45) is 0 Å². The number of carbonyl (C=O) groups excluding carboxylic acids is 2. The Bertz CT molecular complexity index is 503. The van der Waals surface area contributed by atoms with Crippen LogP contribution in [0.5, 0.6) is 0 Å². The zero-order chi connectivity index (χ0) is 12.4. The average Bonchev–Trinajstić information content (AvgIpc) is 2.54. The predicted octanol–water partition coefficient (Wildman–Crippen LogP) is 1.86. The van der Waals surface area contributed by atoms with Gasteiger partial charge in [-0.2, -0.15) is 0 Å². The second-order valence-corrected chi connectivity index (χ2v) is 3.75. The molecule has 2 rings (SSSR count). The van der Waals surface area contributed by atoms with Gasteiger partial charge in [0.25, 0.3) is 0 Å². The molecule has 4 nitrogen and oxygen atoms in total. The second-order valence-electron chi connectivity index (χ2n) is 3.75. The molecule has 1 N–H and O–H groups in total. The van der Waals surface area contributed by atoms with E-state index < -0.39 is 5.97 Å². The lowest BCUT2D eigenvalue weighted by molar-refractivity contribution is -0.136. The number of carbonyl (C=O) groups is 3. The molecule has 0 bridgehead atoms. The lowest BCUT2D eigenvalue weighted by Crippen LogP contribution is -2.01. The molecule has 1 aromatic rings. The zero-order valence-electron chi connectivity index (χ0n) is 8.97. The summed E-state index contributed by atoms with van der Waals surface area (Å²) in [6, 6.07) is 6.61. The Labute approximate surface area is 97.6 Å². The van der Waals surface area contributed by atoms with Crippen LogP contribution in [-0.2, 0) is 4.79 Å². The number of carboxylic acid groups (broad SMARTS) is 1. The van der Waals surface area contributed by atoms with Gasteiger partial charge in [0.15, 0.2) is 11.6 Å². The van der Waals surface area contributed by atoms with E-state index in [4.69, 9.17) is 5.11 Å². The number of rotatable bonds is 3. The monoisotopic (exact) mass is 230 g/mol. The Morgan fingerprint density at radius 2 is 1.65 bits per heavy atom. The molecular formula is C13H10O4. The first-order valence-electron chi connectivity index (χ1n) is 5.21. The van der Waals surface area contributed by atoms with Gasteiger partial charge in [0, 0.05) is 17.5 Å². The summed E-state index contributed by atoms with van der Waals surface area (Å²) in [5, 5.41) is 8.49. The molecule has 0 heterocycles. The van der Waals surface area contributed by atoms with Gasteiger partial charge in [-0.3, -0.25) is 14.4 Å². The van der Waals surface area contributed by atoms with E-state index in [1.807, 2.05) is 0 Å². The molecule has 0 aliphatic heterocycles. The third-order valence-electron chi connectivity index (χ3n) is 2.61. The average molecular weight is 230 g/mol. The summed E-state index contributed by atoms with van der Waals surface area (Å²) in [6.07, 6.45) is 1.52. The van der Waals surface area contributed by atoms with Crippen molar-refractivity contribution < 1.29 is 19.5 Å². The molecule has 0 fully saturated rings. The lowest BCUT2D eigenvalue weighted by Gasteiger charge is -1.92. The number of fused-ring (bicyclic) bond motifs is 1. The molecule has 0 saturated carbocycles. The SMILES string of the molecule is O=C(O)CCC=C1C(=O)c2ccccc2C1=O. The van der Waals surface area contributed by atoms with E-state index in [0.29, 0.717) is 11.1 Å². The molecule has 0 spiro atoms. The van der Waals surface area contributed by atoms with Gasteiger partial charge in [-0.15, -0.1) is 0 Å². The Hall–Kier alpha value is -2.23. The molecular weight excluding hydrogens is 220 g/mol. The van der Waals surface area contributed by atoms with E-state index in [0.717, 1.165) is 0 Å². The van der Waals surface area contributed by atoms with Crippen LogP contribution in [0.4, 0.5) is 0 Å². The van der Waals surface area contributed by atoms with Gasteiger partial charge in [0.1, 0.15) is 0 Å². The third-order valence-corrected chi connectivity index (χ3v) is 2.61. The molecule has 1 aliphatic rings. The van der Waals surface area contributed by atoms with E-state index >= 15 is 0 Å². The fraction of sp³-hybridized carbons (Fsp3) is 0.154. The summed E-state index contributed by atoms with van der Waals surface area (Å²) in [7, 11) is 0. The smallest absolute Gasteiger partial charge is 0.303 e. The first-order valence-corrected chi connectivity index (χ1v) is 5.21. The Morgan fingerprint density at radius 3 is 2.12 bits per heavy atom. The fourth-order valence-corrected chi connectivity index (χ4v) is 1.80. The number of hydrogen-bond acceptors (Lipinski definition) is 3. The maximum absolute atomic E-state index is 11.8. The van der Waals surface area contributed by atoms with Crippen LogP contribution in [-0.4, -0.2) is 22.6 Å². The number of benzene rings is 1. The number of ketones is 2. The van der Waals surface area contributed by atoms with Gasteiger partial charge in [-0.25, -0.2) is 0 Å². The van der Waals surface area contributed by atoms with Gasteiger partial charge in [0.05, 0.1) is 5.57 Å². The van der Waals surface area contributed by atoms with Crippen LogP contribution in [0, 0.1) is 0 Å². The number of hydrogen-bond donors (Lipinski definition) is 1. The second kappa shape index (κ2) is 4.33. The predicted molar refractivity (Wildman–Crippen MR) is 60.1 cm³/mol. The van der Waals surface area contributed by atoms with Crippen LogP contribution in [0.25, 0.3) is 0 Å². The molecule has 86 valence electrons. The number of carboxylic acids is 1. The van der Waals surface area contributed by atoms with Crippen LogP contribution in [0.2, 0.25) is 0 Å². The van der Waals surface area contributed by atoms with Gasteiger partial charge < -0.3 is 5.11 Å². The molecule has 0 radical (unpaired) electrons. The maximum atomic E-state index is 11.8. The van der Waals surface area contributed by atoms with Crippen LogP contribution in [0.15, 0.2) is 35.9 Å². The topological polar surface area (TPSA) is 71.4 Å². The van der Waals surface area contributed by atoms with Gasteiger partial charge >= 0.3 is 5.97 Å². The highest BCUT2D eigenvalue weighted by Crippen LogP contribution is 2.26. The molecule has 17 heavy (non-hydrogen) atoms. The zero-order valence-corrected chi connectivity index (χ0v) is 8.97. The Kier molecular flexibility index (Phi) is 2.87. The fourth-order valence-electron chi connectivity index (χ4n) is 1.80. The van der Waals surface area contributed by atoms with Crippen LogP contribution in [0.3, 0.4) is 0 Å². The van der Waals surface area contributed by atoms with Crippen molar-refractivity contribution in [2.45, 2.75) is 12.8 Å². The van der Waals surface area contributed by atoms with Crippen LogP contribution < -0.4 is 0 Å². The van der Waals surface area contributed by atoms with Gasteiger partial charge in [-0.05, 0) is 6.42 Å². The van der Waals surface area contributed by atoms with Crippen molar-refractivity contribution in [3.63, 3.8) is 0 Å². The lowest BCUT2D eigenvalue weighted by atomic mass is 10.1. The normalized spacial score (nSPS) is 13.8. The largest absolute Gasteiger partial charge is 0.481 e. The highest BCUT2D eigenvalue weighted by atomic mass is 16.4. The van der Waals surface area contributed by atoms with Gasteiger partial charge in [-0.1, -0.05) is 30.3 Å². The minimum Gasteiger partial charge on any atom is -0.481 e. The van der Waals surface area contributed by atoms with Crippen LogP contribution in [0.1, 0.15) is 33.6 Å². The number of allylic oxidation sites excluding steroid dienone is 2. The molecule has 0 atom stereocenters. The molecule has 0 amide bonds. The van der Waals surface area contributed by atoms with Gasteiger partial charge in [0.2, 0.25) is 0 Å². The van der Waals surface area contributed by atoms with Crippen molar-refractivity contribution in [2.75, 3.05) is 0 Å². The first-order chi connectivity index (χ1) is 8.11. The van der Waals surface area contributed by atoms with E-state index in [-0.39, 0.29) is 30.0 Å². The summed E-state index contributed by atoms with van der Waals surface area (Å²) in [5.41, 5.74) is 0.894. The molecule has 4 heteroatoms. The highest BCUT2D eigenvalue weighted by Gasteiger charge is 2.32. The van der Waals surface area contributed by atoms with E-state index in [9.17, 15) is 14.4 Å². The molecule has 1 aromatic carbocycles. The van der Waals surface area contributed by atoms with Crippen molar-refractivity contribution in [3.05, 3.63) is 47.0 Å². The number of aliphatic carboxylic acids is 1. The molecule has 0 unspecified atom stereocenters. The van der Waals surface area contributed by atoms with Crippen molar-refractivity contribution in [3.8, 4) is 0 Å². The van der Waals surface area contributed by atoms with E-state index in [1.165, 1.54) is 6.08 Å². The third kappa shape index (κ3) is 2.01. The van der Waals surface area contributed by atoms with Crippen molar-refractivity contribution in [1.29, 1.82) is 0 Å². The Morgan fingerprint density at radius 1 is 1.12 bits per heavy atom. The van der Waals surface area contributed by atoms with Crippen molar-refractivity contribution in [1.82, 2.24) is 0 Å².